The maximum Gasteiger partial charge on any atom is 0.271 e. The Bertz CT molecular complexity index is 1610. The molecule has 7 nitrogen and oxygen atoms in total. The molecule has 0 unspecified atom stereocenters. The number of nitrogens with one attached hydrogen (secondary N) is 1. The van der Waals surface area contributed by atoms with Crippen LogP contribution in [0.5, 0.6) is 5.75 Å². The quantitative estimate of drug-likeness (QED) is 0.473. The standard InChI is InChI=1S/C27H22N4O3S/c1-17-23(25(32)30-20-8-4-3-5-9-20)24(19-7-6-10-21(16-19)34-2)31-26(33)22(35-27(31)29-17)15-18-11-13-28-14-12-18/h3-16,24H,1-2H3,(H,30,32)/t24-/m0/s1. The van der Waals surface area contributed by atoms with E-state index in [0.717, 1.165) is 11.1 Å². The molecule has 1 aliphatic rings. The summed E-state index contributed by atoms with van der Waals surface area (Å²) in [5, 5.41) is 2.95. The number of benzene rings is 2. The third-order valence-electron chi connectivity index (χ3n) is 5.71. The summed E-state index contributed by atoms with van der Waals surface area (Å²) in [6.07, 6.45) is 5.17. The van der Waals surface area contributed by atoms with Gasteiger partial charge in [-0.05, 0) is 60.5 Å². The van der Waals surface area contributed by atoms with Gasteiger partial charge >= 0.3 is 0 Å². The van der Waals surface area contributed by atoms with E-state index >= 15 is 0 Å². The largest absolute Gasteiger partial charge is 0.497 e. The van der Waals surface area contributed by atoms with E-state index < -0.39 is 6.04 Å². The van der Waals surface area contributed by atoms with Crippen molar-refractivity contribution in [3.8, 4) is 5.75 Å². The van der Waals surface area contributed by atoms with Crippen LogP contribution in [0.15, 0.2) is 100 Å². The minimum absolute atomic E-state index is 0.212. The first-order chi connectivity index (χ1) is 17.0. The van der Waals surface area contributed by atoms with Crippen LogP contribution in [0.4, 0.5) is 5.69 Å². The Balaban J connectivity index is 1.69. The van der Waals surface area contributed by atoms with Crippen molar-refractivity contribution < 1.29 is 9.53 Å². The summed E-state index contributed by atoms with van der Waals surface area (Å²) in [6.45, 7) is 1.80. The molecule has 1 aliphatic heterocycles. The molecule has 0 radical (unpaired) electrons. The Morgan fingerprint density at radius 3 is 2.60 bits per heavy atom. The van der Waals surface area contributed by atoms with Crippen molar-refractivity contribution in [2.24, 2.45) is 4.99 Å². The number of para-hydroxylation sites is 1. The van der Waals surface area contributed by atoms with E-state index in [4.69, 9.17) is 4.74 Å². The number of carbonyl (C=O) groups is 1. The maximum absolute atomic E-state index is 13.7. The highest BCUT2D eigenvalue weighted by Crippen LogP contribution is 2.32. The molecule has 0 saturated carbocycles. The van der Waals surface area contributed by atoms with E-state index in [2.05, 4.69) is 15.3 Å². The summed E-state index contributed by atoms with van der Waals surface area (Å²) < 4.78 is 7.55. The Morgan fingerprint density at radius 2 is 1.86 bits per heavy atom. The summed E-state index contributed by atoms with van der Waals surface area (Å²) in [7, 11) is 1.59. The van der Waals surface area contributed by atoms with Crippen molar-refractivity contribution in [3.05, 3.63) is 121 Å². The fraction of sp³-hybridized carbons (Fsp3) is 0.111. The molecule has 5 rings (SSSR count). The van der Waals surface area contributed by atoms with E-state index in [1.165, 1.54) is 11.3 Å². The van der Waals surface area contributed by atoms with Crippen LogP contribution in [-0.4, -0.2) is 22.6 Å². The molecule has 0 fully saturated rings. The topological polar surface area (TPSA) is 85.6 Å². The van der Waals surface area contributed by atoms with E-state index in [-0.39, 0.29) is 11.5 Å². The highest BCUT2D eigenvalue weighted by molar-refractivity contribution is 7.07. The molecule has 1 N–H and O–H groups in total. The number of amides is 1. The minimum atomic E-state index is -0.662. The number of methoxy groups -OCH3 is 1. The number of thiazole rings is 1. The van der Waals surface area contributed by atoms with Gasteiger partial charge in [0.1, 0.15) is 5.75 Å². The maximum atomic E-state index is 13.7. The lowest BCUT2D eigenvalue weighted by molar-refractivity contribution is -0.113. The van der Waals surface area contributed by atoms with E-state index in [1.807, 2.05) is 72.8 Å². The van der Waals surface area contributed by atoms with E-state index in [9.17, 15) is 9.59 Å². The van der Waals surface area contributed by atoms with Gasteiger partial charge in [0, 0.05) is 18.1 Å². The van der Waals surface area contributed by atoms with Crippen LogP contribution in [0.2, 0.25) is 0 Å². The summed E-state index contributed by atoms with van der Waals surface area (Å²) >= 11 is 1.30. The Hall–Kier alpha value is -4.30. The predicted octanol–water partition coefficient (Wildman–Crippen LogP) is 3.28. The number of pyridine rings is 1. The third kappa shape index (κ3) is 4.43. The molecule has 0 aliphatic carbocycles. The average Bonchev–Trinajstić information content (AvgIpc) is 3.18. The lowest BCUT2D eigenvalue weighted by atomic mass is 9.95. The van der Waals surface area contributed by atoms with E-state index in [0.29, 0.717) is 32.0 Å². The lowest BCUT2D eigenvalue weighted by Crippen LogP contribution is -2.40. The van der Waals surface area contributed by atoms with Gasteiger partial charge in [0.25, 0.3) is 11.5 Å². The molecular weight excluding hydrogens is 460 g/mol. The highest BCUT2D eigenvalue weighted by Gasteiger charge is 2.32. The Labute approximate surface area is 205 Å². The molecule has 4 aromatic rings. The smallest absolute Gasteiger partial charge is 0.271 e. The second kappa shape index (κ2) is 9.52. The van der Waals surface area contributed by atoms with Gasteiger partial charge in [-0.3, -0.25) is 19.1 Å². The highest BCUT2D eigenvalue weighted by atomic mass is 32.1. The van der Waals surface area contributed by atoms with Gasteiger partial charge in [0.05, 0.1) is 29.0 Å². The second-order valence-electron chi connectivity index (χ2n) is 7.96. The molecule has 1 atom stereocenters. The number of carbonyl (C=O) groups excluding carboxylic acids is 1. The summed E-state index contributed by atoms with van der Waals surface area (Å²) in [5.74, 6) is 0.326. The predicted molar refractivity (Wildman–Crippen MR) is 136 cm³/mol. The van der Waals surface area contributed by atoms with E-state index in [1.54, 1.807) is 31.0 Å². The number of fused-ring (bicyclic) bond motifs is 1. The molecule has 0 bridgehead atoms. The molecule has 1 amide bonds. The van der Waals surface area contributed by atoms with Crippen molar-refractivity contribution in [1.82, 2.24) is 9.55 Å². The fourth-order valence-electron chi connectivity index (χ4n) is 4.07. The zero-order valence-corrected chi connectivity index (χ0v) is 20.0. The first-order valence-corrected chi connectivity index (χ1v) is 11.8. The first kappa shape index (κ1) is 22.5. The molecule has 3 heterocycles. The third-order valence-corrected chi connectivity index (χ3v) is 6.69. The minimum Gasteiger partial charge on any atom is -0.497 e. The Morgan fingerprint density at radius 1 is 1.09 bits per heavy atom. The molecule has 35 heavy (non-hydrogen) atoms. The zero-order chi connectivity index (χ0) is 24.4. The van der Waals surface area contributed by atoms with Crippen molar-refractivity contribution in [3.63, 3.8) is 0 Å². The molecule has 0 saturated heterocycles. The number of hydrogen-bond donors (Lipinski definition) is 1. The van der Waals surface area contributed by atoms with Gasteiger partial charge in [0.15, 0.2) is 4.80 Å². The summed E-state index contributed by atoms with van der Waals surface area (Å²) in [5.41, 5.74) is 3.04. The normalized spacial score (nSPS) is 15.4. The molecular formula is C27H22N4O3S. The lowest BCUT2D eigenvalue weighted by Gasteiger charge is -2.25. The van der Waals surface area contributed by atoms with Crippen LogP contribution in [0.3, 0.4) is 0 Å². The van der Waals surface area contributed by atoms with Gasteiger partial charge in [-0.25, -0.2) is 4.99 Å². The zero-order valence-electron chi connectivity index (χ0n) is 19.1. The van der Waals surface area contributed by atoms with Crippen LogP contribution in [0, 0.1) is 0 Å². The van der Waals surface area contributed by atoms with Crippen LogP contribution in [-0.2, 0) is 4.79 Å². The molecule has 2 aromatic carbocycles. The number of rotatable bonds is 5. The van der Waals surface area contributed by atoms with Crippen LogP contribution >= 0.6 is 11.3 Å². The number of aromatic nitrogens is 2. The average molecular weight is 483 g/mol. The number of ether oxygens (including phenoxy) is 1. The number of anilines is 1. The molecule has 8 heteroatoms. The first-order valence-electron chi connectivity index (χ1n) is 11.0. The molecule has 2 aromatic heterocycles. The van der Waals surface area contributed by atoms with Crippen molar-refractivity contribution >= 4 is 29.0 Å². The number of hydrogen-bond acceptors (Lipinski definition) is 6. The van der Waals surface area contributed by atoms with Crippen LogP contribution in [0.25, 0.3) is 6.08 Å². The van der Waals surface area contributed by atoms with Crippen molar-refractivity contribution in [2.75, 3.05) is 12.4 Å². The van der Waals surface area contributed by atoms with Crippen molar-refractivity contribution in [1.29, 1.82) is 0 Å². The fourth-order valence-corrected chi connectivity index (χ4v) is 5.12. The SMILES string of the molecule is COc1cccc([C@H]2C(C(=O)Nc3ccccc3)=C(C)N=c3sc(=Cc4ccncc4)c(=O)n32)c1. The van der Waals surface area contributed by atoms with Gasteiger partial charge < -0.3 is 10.1 Å². The number of allylic oxidation sites excluding steroid dienone is 1. The van der Waals surface area contributed by atoms with Crippen LogP contribution < -0.4 is 24.9 Å². The number of nitrogens with zero attached hydrogens (tertiary/aromatic N) is 3. The second-order valence-corrected chi connectivity index (χ2v) is 8.97. The monoisotopic (exact) mass is 482 g/mol. The van der Waals surface area contributed by atoms with Gasteiger partial charge in [-0.15, -0.1) is 0 Å². The van der Waals surface area contributed by atoms with Crippen LogP contribution in [0.1, 0.15) is 24.1 Å². The van der Waals surface area contributed by atoms with Gasteiger partial charge in [-0.1, -0.05) is 41.7 Å². The Kier molecular flexibility index (Phi) is 6.12. The summed E-state index contributed by atoms with van der Waals surface area (Å²) in [4.78, 5) is 36.5. The molecule has 174 valence electrons. The summed E-state index contributed by atoms with van der Waals surface area (Å²) in [6, 6.07) is 19.6. The van der Waals surface area contributed by atoms with Gasteiger partial charge in [0.2, 0.25) is 0 Å². The van der Waals surface area contributed by atoms with Gasteiger partial charge in [-0.2, -0.15) is 0 Å². The van der Waals surface area contributed by atoms with Crippen molar-refractivity contribution in [2.45, 2.75) is 13.0 Å². The molecule has 0 spiro atoms.